The van der Waals surface area contributed by atoms with Crippen molar-refractivity contribution in [2.75, 3.05) is 7.05 Å². The van der Waals surface area contributed by atoms with Crippen LogP contribution in [0.2, 0.25) is 0 Å². The lowest BCUT2D eigenvalue weighted by Crippen LogP contribution is -2.41. The summed E-state index contributed by atoms with van der Waals surface area (Å²) >= 11 is 0. The summed E-state index contributed by atoms with van der Waals surface area (Å²) in [5.41, 5.74) is 6.02. The van der Waals surface area contributed by atoms with Crippen molar-refractivity contribution in [1.82, 2.24) is 10.3 Å². The van der Waals surface area contributed by atoms with Crippen LogP contribution in [0.1, 0.15) is 33.6 Å². The molecule has 0 aliphatic carbocycles. The number of pyridine rings is 1. The molecule has 0 amide bonds. The molecule has 0 saturated heterocycles. The van der Waals surface area contributed by atoms with Crippen LogP contribution in [-0.4, -0.2) is 41.7 Å². The number of fused-ring (bicyclic) bond motifs is 1. The Kier molecular flexibility index (Phi) is 6.87. The van der Waals surface area contributed by atoms with Gasteiger partial charge < -0.3 is 20.5 Å². The molecule has 0 aliphatic heterocycles. The third-order valence-corrected chi connectivity index (χ3v) is 3.89. The Balaban J connectivity index is 1.93. The molecule has 1 aromatic heterocycles. The fourth-order valence-electron chi connectivity index (χ4n) is 2.50. The second-order valence-corrected chi connectivity index (χ2v) is 7.32. The summed E-state index contributed by atoms with van der Waals surface area (Å²) in [6.07, 6.45) is 0.629. The van der Waals surface area contributed by atoms with E-state index in [-0.39, 0.29) is 5.88 Å². The number of likely N-dealkylation sites (N-methyl/N-ethyl adjacent to an activating group) is 1. The van der Waals surface area contributed by atoms with Crippen molar-refractivity contribution in [3.8, 4) is 5.88 Å². The van der Waals surface area contributed by atoms with E-state index < -0.39 is 29.6 Å². The number of carbonyl (C=O) groups excluding carboxylic acids is 2. The van der Waals surface area contributed by atoms with E-state index in [0.717, 1.165) is 10.9 Å². The van der Waals surface area contributed by atoms with E-state index in [2.05, 4.69) is 10.3 Å². The smallest absolute Gasteiger partial charge is 0.329 e. The van der Waals surface area contributed by atoms with Crippen LogP contribution in [0, 0.1) is 0 Å². The van der Waals surface area contributed by atoms with Gasteiger partial charge in [-0.2, -0.15) is 0 Å². The van der Waals surface area contributed by atoms with Crippen LogP contribution in [0.5, 0.6) is 5.88 Å². The molecule has 0 fully saturated rings. The Bertz CT molecular complexity index is 801. The molecule has 1 unspecified atom stereocenters. The monoisotopic (exact) mass is 373 g/mol. The fourth-order valence-corrected chi connectivity index (χ4v) is 2.50. The number of hydrogen-bond acceptors (Lipinski definition) is 7. The lowest BCUT2D eigenvalue weighted by Gasteiger charge is -2.23. The summed E-state index contributed by atoms with van der Waals surface area (Å²) < 4.78 is 10.6. The molecule has 0 saturated carbocycles. The first-order valence-electron chi connectivity index (χ1n) is 8.93. The van der Waals surface area contributed by atoms with Crippen LogP contribution in [-0.2, 0) is 14.3 Å². The lowest BCUT2D eigenvalue weighted by molar-refractivity contribution is -0.157. The highest BCUT2D eigenvalue weighted by Crippen LogP contribution is 2.17. The van der Waals surface area contributed by atoms with Gasteiger partial charge in [0.05, 0.1) is 5.52 Å². The van der Waals surface area contributed by atoms with Gasteiger partial charge >= 0.3 is 11.9 Å². The molecule has 0 radical (unpaired) electrons. The highest BCUT2D eigenvalue weighted by atomic mass is 16.6. The Labute approximate surface area is 159 Å². The number of nitrogens with one attached hydrogen (secondary N) is 1. The van der Waals surface area contributed by atoms with Crippen LogP contribution in [0.4, 0.5) is 0 Å². The number of ether oxygens (including phenoxy) is 2. The first-order chi connectivity index (χ1) is 12.7. The quantitative estimate of drug-likeness (QED) is 0.717. The van der Waals surface area contributed by atoms with Crippen LogP contribution >= 0.6 is 0 Å². The Morgan fingerprint density at radius 1 is 1.11 bits per heavy atom. The van der Waals surface area contributed by atoms with E-state index in [9.17, 15) is 9.59 Å². The van der Waals surface area contributed by atoms with Crippen molar-refractivity contribution in [3.05, 3.63) is 36.4 Å². The van der Waals surface area contributed by atoms with E-state index in [1.165, 1.54) is 0 Å². The number of aromatic nitrogens is 1. The molecule has 146 valence electrons. The third-order valence-electron chi connectivity index (χ3n) is 3.89. The Morgan fingerprint density at radius 3 is 2.48 bits per heavy atom. The third kappa shape index (κ3) is 6.30. The maximum absolute atomic E-state index is 12.4. The molecule has 1 heterocycles. The van der Waals surface area contributed by atoms with Crippen LogP contribution in [0.3, 0.4) is 0 Å². The highest BCUT2D eigenvalue weighted by molar-refractivity contribution is 5.81. The molecule has 3 N–H and O–H groups in total. The zero-order valence-electron chi connectivity index (χ0n) is 16.2. The average Bonchev–Trinajstić information content (AvgIpc) is 2.60. The van der Waals surface area contributed by atoms with E-state index in [1.54, 1.807) is 33.9 Å². The van der Waals surface area contributed by atoms with Crippen LogP contribution in [0.15, 0.2) is 36.4 Å². The minimum Gasteiger partial charge on any atom is -0.459 e. The molecular weight excluding hydrogens is 346 g/mol. The highest BCUT2D eigenvalue weighted by Gasteiger charge is 2.25. The van der Waals surface area contributed by atoms with Crippen molar-refractivity contribution in [2.24, 2.45) is 5.73 Å². The van der Waals surface area contributed by atoms with Gasteiger partial charge in [-0.15, -0.1) is 0 Å². The number of esters is 2. The molecular formula is C20H27N3O4. The van der Waals surface area contributed by atoms with Crippen molar-refractivity contribution in [1.29, 1.82) is 0 Å². The van der Waals surface area contributed by atoms with Crippen molar-refractivity contribution < 1.29 is 19.1 Å². The van der Waals surface area contributed by atoms with Crippen LogP contribution < -0.4 is 15.8 Å². The van der Waals surface area contributed by atoms with Crippen molar-refractivity contribution in [2.45, 2.75) is 51.3 Å². The topological polar surface area (TPSA) is 104 Å². The Hall–Kier alpha value is -2.51. The summed E-state index contributed by atoms with van der Waals surface area (Å²) in [5.74, 6) is -0.728. The maximum Gasteiger partial charge on any atom is 0.329 e. The lowest BCUT2D eigenvalue weighted by atomic mass is 10.1. The number of rotatable bonds is 7. The predicted octanol–water partition coefficient (Wildman–Crippen LogP) is 2.18. The molecule has 0 aliphatic rings. The standard InChI is InChI=1S/C20H27N3O4/c1-20(2,3)27-18(24)14(21)10-11-16(22-4)19(25)26-17-12-9-13-7-5-6-8-15(13)23-17/h5-9,12,14,16,22H,10-11,21H2,1-4H3/t14?,16-/m0/s1. The predicted molar refractivity (Wildman–Crippen MR) is 103 cm³/mol. The molecule has 2 rings (SSSR count). The Morgan fingerprint density at radius 2 is 1.81 bits per heavy atom. The van der Waals surface area contributed by atoms with Gasteiger partial charge in [0.25, 0.3) is 0 Å². The van der Waals surface area contributed by atoms with Crippen molar-refractivity contribution in [3.63, 3.8) is 0 Å². The molecule has 2 aromatic rings. The minimum atomic E-state index is -0.799. The molecule has 2 atom stereocenters. The van der Waals surface area contributed by atoms with Gasteiger partial charge in [-0.1, -0.05) is 18.2 Å². The largest absolute Gasteiger partial charge is 0.459 e. The average molecular weight is 373 g/mol. The van der Waals surface area contributed by atoms with Gasteiger partial charge in [0.2, 0.25) is 5.88 Å². The number of benzene rings is 1. The van der Waals surface area contributed by atoms with Gasteiger partial charge in [-0.05, 0) is 52.8 Å². The summed E-state index contributed by atoms with van der Waals surface area (Å²) in [5, 5.41) is 3.86. The fraction of sp³-hybridized carbons (Fsp3) is 0.450. The van der Waals surface area contributed by atoms with Gasteiger partial charge in [0.1, 0.15) is 17.7 Å². The zero-order valence-corrected chi connectivity index (χ0v) is 16.2. The van der Waals surface area contributed by atoms with E-state index in [1.807, 2.05) is 30.3 Å². The molecule has 1 aromatic carbocycles. The second kappa shape index (κ2) is 8.92. The SMILES string of the molecule is CN[C@@H](CCC(N)C(=O)OC(C)(C)C)C(=O)Oc1ccc2ccccc2n1. The van der Waals surface area contributed by atoms with E-state index >= 15 is 0 Å². The van der Waals surface area contributed by atoms with Gasteiger partial charge in [-0.25, -0.2) is 9.78 Å². The van der Waals surface area contributed by atoms with E-state index in [4.69, 9.17) is 15.2 Å². The van der Waals surface area contributed by atoms with Gasteiger partial charge in [0, 0.05) is 11.5 Å². The summed E-state index contributed by atoms with van der Waals surface area (Å²) in [6, 6.07) is 9.66. The zero-order chi connectivity index (χ0) is 20.0. The summed E-state index contributed by atoms with van der Waals surface area (Å²) in [4.78, 5) is 28.7. The first-order valence-corrected chi connectivity index (χ1v) is 8.93. The van der Waals surface area contributed by atoms with E-state index in [0.29, 0.717) is 12.8 Å². The van der Waals surface area contributed by atoms with Crippen LogP contribution in [0.25, 0.3) is 10.9 Å². The minimum absolute atomic E-state index is 0.232. The number of nitrogens with two attached hydrogens (primary N) is 1. The molecule has 7 heteroatoms. The molecule has 7 nitrogen and oxygen atoms in total. The number of carbonyl (C=O) groups is 2. The second-order valence-electron chi connectivity index (χ2n) is 7.32. The molecule has 0 bridgehead atoms. The summed E-state index contributed by atoms with van der Waals surface area (Å²) in [6.45, 7) is 5.34. The first kappa shape index (κ1) is 20.8. The van der Waals surface area contributed by atoms with Crippen molar-refractivity contribution >= 4 is 22.8 Å². The normalized spacial score (nSPS) is 13.8. The summed E-state index contributed by atoms with van der Waals surface area (Å²) in [7, 11) is 1.65. The molecule has 27 heavy (non-hydrogen) atoms. The maximum atomic E-state index is 12.4. The number of para-hydroxylation sites is 1. The number of nitrogens with zero attached hydrogens (tertiary/aromatic N) is 1. The molecule has 0 spiro atoms. The van der Waals surface area contributed by atoms with Gasteiger partial charge in [-0.3, -0.25) is 4.79 Å². The number of hydrogen-bond donors (Lipinski definition) is 2. The van der Waals surface area contributed by atoms with Gasteiger partial charge in [0.15, 0.2) is 0 Å².